The summed E-state index contributed by atoms with van der Waals surface area (Å²) in [4.78, 5) is 0. The Labute approximate surface area is 169 Å². The van der Waals surface area contributed by atoms with Gasteiger partial charge in [0.1, 0.15) is 11.5 Å². The number of nitrogens with zero attached hydrogens (tertiary/aromatic N) is 6. The van der Waals surface area contributed by atoms with Gasteiger partial charge in [-0.25, -0.2) is 4.68 Å². The van der Waals surface area contributed by atoms with Crippen molar-refractivity contribution < 1.29 is 0 Å². The lowest BCUT2D eigenvalue weighted by Crippen LogP contribution is -2.29. The van der Waals surface area contributed by atoms with Crippen LogP contribution in [-0.4, -0.2) is 35.2 Å². The summed E-state index contributed by atoms with van der Waals surface area (Å²) in [6.07, 6.45) is 7.84. The van der Waals surface area contributed by atoms with Crippen LogP contribution in [-0.2, 0) is 6.54 Å². The molecular formula is C21H26N8. The third-order valence-electron chi connectivity index (χ3n) is 5.97. The Bertz CT molecular complexity index is 1160. The summed E-state index contributed by atoms with van der Waals surface area (Å²) in [5.41, 5.74) is 5.16. The van der Waals surface area contributed by atoms with E-state index in [1.54, 1.807) is 6.92 Å². The smallest absolute Gasteiger partial charge is 0.151 e. The summed E-state index contributed by atoms with van der Waals surface area (Å²) in [5.74, 6) is 1.15. The molecule has 2 saturated carbocycles. The van der Waals surface area contributed by atoms with Gasteiger partial charge in [-0.15, -0.1) is 0 Å². The normalized spacial score (nSPS) is 20.8. The molecule has 0 aromatic carbocycles. The summed E-state index contributed by atoms with van der Waals surface area (Å²) >= 11 is 0. The molecule has 2 aliphatic carbocycles. The first-order valence-electron chi connectivity index (χ1n) is 10.3. The molecule has 2 aliphatic rings. The molecule has 3 aromatic heterocycles. The van der Waals surface area contributed by atoms with Crippen molar-refractivity contribution in [2.75, 3.05) is 0 Å². The highest BCUT2D eigenvalue weighted by Gasteiger charge is 2.43. The van der Waals surface area contributed by atoms with Gasteiger partial charge < -0.3 is 0 Å². The Kier molecular flexibility index (Phi) is 4.04. The number of aromatic nitrogens is 6. The minimum absolute atomic E-state index is 0.234. The third kappa shape index (κ3) is 3.12. The van der Waals surface area contributed by atoms with Gasteiger partial charge >= 0.3 is 0 Å². The minimum atomic E-state index is 0.234. The summed E-state index contributed by atoms with van der Waals surface area (Å²) in [5, 5.41) is 30.0. The van der Waals surface area contributed by atoms with Gasteiger partial charge in [-0.2, -0.15) is 15.3 Å². The molecular weight excluding hydrogens is 364 g/mol. The second kappa shape index (κ2) is 6.50. The van der Waals surface area contributed by atoms with Gasteiger partial charge in [0.2, 0.25) is 0 Å². The highest BCUT2D eigenvalue weighted by atomic mass is 15.3. The zero-order valence-corrected chi connectivity index (χ0v) is 17.1. The molecule has 2 fully saturated rings. The van der Waals surface area contributed by atoms with Crippen molar-refractivity contribution in [3.63, 3.8) is 0 Å². The van der Waals surface area contributed by atoms with Crippen LogP contribution in [0, 0.1) is 17.7 Å². The van der Waals surface area contributed by atoms with Crippen molar-refractivity contribution in [3.8, 4) is 11.4 Å². The molecule has 8 heteroatoms. The lowest BCUT2D eigenvalue weighted by Gasteiger charge is -2.09. The third-order valence-corrected chi connectivity index (χ3v) is 5.97. The molecule has 150 valence electrons. The van der Waals surface area contributed by atoms with E-state index in [1.807, 2.05) is 23.9 Å². The van der Waals surface area contributed by atoms with Gasteiger partial charge in [-0.05, 0) is 69.2 Å². The summed E-state index contributed by atoms with van der Waals surface area (Å²) < 4.78 is 5.48. The number of hydrogen-bond donors (Lipinski definition) is 2. The Morgan fingerprint density at radius 3 is 2.69 bits per heavy atom. The van der Waals surface area contributed by atoms with Crippen LogP contribution < -0.4 is 5.49 Å². The van der Waals surface area contributed by atoms with Gasteiger partial charge in [-0.3, -0.25) is 20.2 Å². The summed E-state index contributed by atoms with van der Waals surface area (Å²) in [6, 6.07) is 4.66. The maximum absolute atomic E-state index is 8.15. The highest BCUT2D eigenvalue weighted by molar-refractivity contribution is 5.78. The van der Waals surface area contributed by atoms with Crippen molar-refractivity contribution in [2.24, 2.45) is 0 Å². The van der Waals surface area contributed by atoms with Gasteiger partial charge in [0.05, 0.1) is 23.6 Å². The molecule has 0 saturated heterocycles. The molecule has 3 aromatic rings. The Morgan fingerprint density at radius 1 is 1.21 bits per heavy atom. The first-order valence-corrected chi connectivity index (χ1v) is 10.3. The van der Waals surface area contributed by atoms with Crippen LogP contribution >= 0.6 is 0 Å². The van der Waals surface area contributed by atoms with E-state index in [4.69, 9.17) is 15.9 Å². The van der Waals surface area contributed by atoms with Crippen LogP contribution in [0.2, 0.25) is 0 Å². The number of aryl methyl sites for hydroxylation is 2. The lowest BCUT2D eigenvalue weighted by molar-refractivity contribution is 0.640. The molecule has 2 atom stereocenters. The van der Waals surface area contributed by atoms with Crippen LogP contribution in [0.3, 0.4) is 0 Å². The first kappa shape index (κ1) is 18.0. The fraction of sp³-hybridized carbons (Fsp3) is 0.476. The van der Waals surface area contributed by atoms with Crippen molar-refractivity contribution in [2.45, 2.75) is 64.5 Å². The van der Waals surface area contributed by atoms with Gasteiger partial charge in [0.15, 0.2) is 5.49 Å². The molecule has 2 unspecified atom stereocenters. The largest absolute Gasteiger partial charge is 0.287 e. The average molecular weight is 390 g/mol. The van der Waals surface area contributed by atoms with Crippen LogP contribution in [0.15, 0.2) is 24.5 Å². The fourth-order valence-corrected chi connectivity index (χ4v) is 4.03. The zero-order valence-electron chi connectivity index (χ0n) is 17.1. The standard InChI is InChI=1S/C21H26N8/c1-4-27-20(19-7-12(2)21(23)29(26-19)13(3)22)9-18(25-27)17-8-16(17)14-10-24-28(11-14)15-5-6-15/h7,9-11,15-17,22-23H,4-6,8H2,1-3H3. The molecule has 5 rings (SSSR count). The number of hydrogen-bond acceptors (Lipinski definition) is 5. The molecule has 0 spiro atoms. The lowest BCUT2D eigenvalue weighted by atomic mass is 10.1. The van der Waals surface area contributed by atoms with Crippen LogP contribution in [0.5, 0.6) is 0 Å². The predicted molar refractivity (Wildman–Crippen MR) is 109 cm³/mol. The summed E-state index contributed by atoms with van der Waals surface area (Å²) in [6.45, 7) is 6.35. The SMILES string of the molecule is CCn1nc(C2CC2c2cnn(C3CC3)c2)cc1-c1cc(C)c(=N)n(C(C)=N)n1. The van der Waals surface area contributed by atoms with E-state index < -0.39 is 0 Å². The van der Waals surface area contributed by atoms with E-state index in [2.05, 4.69) is 34.1 Å². The maximum Gasteiger partial charge on any atom is 0.151 e. The van der Waals surface area contributed by atoms with E-state index in [1.165, 1.54) is 23.1 Å². The zero-order chi connectivity index (χ0) is 20.3. The predicted octanol–water partition coefficient (Wildman–Crippen LogP) is 3.20. The molecule has 2 N–H and O–H groups in total. The van der Waals surface area contributed by atoms with Gasteiger partial charge in [0, 0.05) is 18.7 Å². The molecule has 0 aliphatic heterocycles. The maximum atomic E-state index is 8.15. The first-order chi connectivity index (χ1) is 14.0. The van der Waals surface area contributed by atoms with E-state index in [-0.39, 0.29) is 11.3 Å². The minimum Gasteiger partial charge on any atom is -0.287 e. The Balaban J connectivity index is 1.46. The van der Waals surface area contributed by atoms with E-state index in [0.717, 1.165) is 35.6 Å². The Morgan fingerprint density at radius 2 is 2.00 bits per heavy atom. The van der Waals surface area contributed by atoms with Gasteiger partial charge in [-0.1, -0.05) is 0 Å². The van der Waals surface area contributed by atoms with Gasteiger partial charge in [0.25, 0.3) is 0 Å². The second-order valence-corrected chi connectivity index (χ2v) is 8.26. The number of rotatable bonds is 5. The highest BCUT2D eigenvalue weighted by Crippen LogP contribution is 2.54. The van der Waals surface area contributed by atoms with Crippen molar-refractivity contribution >= 4 is 5.84 Å². The molecule has 0 radical (unpaired) electrons. The van der Waals surface area contributed by atoms with E-state index in [9.17, 15) is 0 Å². The van der Waals surface area contributed by atoms with Crippen LogP contribution in [0.25, 0.3) is 11.4 Å². The molecule has 0 amide bonds. The topological polar surface area (TPSA) is 101 Å². The van der Waals surface area contributed by atoms with Crippen molar-refractivity contribution in [3.05, 3.63) is 46.8 Å². The molecule has 8 nitrogen and oxygen atoms in total. The Hall–Kier alpha value is -3.03. The molecule has 29 heavy (non-hydrogen) atoms. The quantitative estimate of drug-likeness (QED) is 0.517. The monoisotopic (exact) mass is 390 g/mol. The van der Waals surface area contributed by atoms with Crippen LogP contribution in [0.1, 0.15) is 67.8 Å². The summed E-state index contributed by atoms with van der Waals surface area (Å²) in [7, 11) is 0. The molecule has 0 bridgehead atoms. The van der Waals surface area contributed by atoms with E-state index in [0.29, 0.717) is 17.9 Å². The number of nitrogens with one attached hydrogen (secondary N) is 2. The molecule has 3 heterocycles. The van der Waals surface area contributed by atoms with E-state index >= 15 is 0 Å². The fourth-order valence-electron chi connectivity index (χ4n) is 4.03. The van der Waals surface area contributed by atoms with Crippen molar-refractivity contribution in [1.82, 2.24) is 29.3 Å². The van der Waals surface area contributed by atoms with Crippen LogP contribution in [0.4, 0.5) is 0 Å². The van der Waals surface area contributed by atoms with Crippen molar-refractivity contribution in [1.29, 1.82) is 10.8 Å². The second-order valence-electron chi connectivity index (χ2n) is 8.26. The average Bonchev–Trinajstić information content (AvgIpc) is 3.62.